The molecule has 3 aromatic carbocycles. The van der Waals surface area contributed by atoms with Crippen LogP contribution in [0, 0.1) is 0 Å². The van der Waals surface area contributed by atoms with Gasteiger partial charge in [0, 0.05) is 6.07 Å². The van der Waals surface area contributed by atoms with Crippen molar-refractivity contribution < 1.29 is 18.7 Å². The molecular weight excluding hydrogens is 451 g/mol. The van der Waals surface area contributed by atoms with Gasteiger partial charge in [-0.15, -0.1) is 0 Å². The Bertz CT molecular complexity index is 1330. The van der Waals surface area contributed by atoms with Gasteiger partial charge in [0.15, 0.2) is 0 Å². The number of carbonyl (C=O) groups is 1. The topological polar surface area (TPSA) is 65.7 Å². The number of para-hydroxylation sites is 1. The van der Waals surface area contributed by atoms with Crippen LogP contribution in [0.2, 0.25) is 15.1 Å². The van der Waals surface area contributed by atoms with E-state index in [1.165, 1.54) is 42.7 Å². The summed E-state index contributed by atoms with van der Waals surface area (Å²) in [5.74, 6) is -0.121. The van der Waals surface area contributed by atoms with Crippen LogP contribution in [0.5, 0.6) is 17.2 Å². The highest BCUT2D eigenvalue weighted by atomic mass is 35.5. The molecule has 0 spiro atoms. The number of fused-ring (bicyclic) bond motifs is 1. The Hall–Kier alpha value is -2.99. The highest BCUT2D eigenvalue weighted by molar-refractivity contribution is 6.42. The van der Waals surface area contributed by atoms with Gasteiger partial charge in [0.1, 0.15) is 23.3 Å². The van der Waals surface area contributed by atoms with Gasteiger partial charge in [0.2, 0.25) is 11.2 Å². The first kappa shape index (κ1) is 20.3. The van der Waals surface area contributed by atoms with Gasteiger partial charge >= 0.3 is 5.97 Å². The van der Waals surface area contributed by atoms with Crippen LogP contribution >= 0.6 is 34.8 Å². The van der Waals surface area contributed by atoms with E-state index in [1.54, 1.807) is 24.3 Å². The Morgan fingerprint density at radius 2 is 1.63 bits per heavy atom. The summed E-state index contributed by atoms with van der Waals surface area (Å²) in [4.78, 5) is 25.0. The fourth-order valence-corrected chi connectivity index (χ4v) is 3.13. The number of hydrogen-bond acceptors (Lipinski definition) is 5. The third kappa shape index (κ3) is 4.14. The van der Waals surface area contributed by atoms with Crippen molar-refractivity contribution in [2.45, 2.75) is 0 Å². The largest absolute Gasteiger partial charge is 0.460 e. The number of ether oxygens (including phenoxy) is 2. The van der Waals surface area contributed by atoms with Crippen LogP contribution in [-0.2, 0) is 0 Å². The van der Waals surface area contributed by atoms with E-state index in [4.69, 9.17) is 48.7 Å². The van der Waals surface area contributed by atoms with E-state index in [0.29, 0.717) is 15.8 Å². The predicted molar refractivity (Wildman–Crippen MR) is 115 cm³/mol. The van der Waals surface area contributed by atoms with Gasteiger partial charge in [-0.05, 0) is 42.5 Å². The van der Waals surface area contributed by atoms with Crippen molar-refractivity contribution in [3.05, 3.63) is 97.8 Å². The van der Waals surface area contributed by atoms with Crippen LogP contribution in [0.4, 0.5) is 0 Å². The molecule has 0 amide bonds. The van der Waals surface area contributed by atoms with Gasteiger partial charge in [-0.25, -0.2) is 4.79 Å². The molecule has 0 saturated carbocycles. The number of halogens is 3. The second-order valence-electron chi connectivity index (χ2n) is 6.14. The number of hydrogen-bond donors (Lipinski definition) is 0. The molecule has 0 radical (unpaired) electrons. The van der Waals surface area contributed by atoms with Gasteiger partial charge in [0.05, 0.1) is 26.0 Å². The van der Waals surface area contributed by atoms with Gasteiger partial charge < -0.3 is 13.9 Å². The second kappa shape index (κ2) is 8.40. The molecule has 150 valence electrons. The molecule has 0 aliphatic heterocycles. The molecule has 0 unspecified atom stereocenters. The minimum absolute atomic E-state index is 0.0175. The van der Waals surface area contributed by atoms with E-state index in [1.807, 2.05) is 0 Å². The summed E-state index contributed by atoms with van der Waals surface area (Å²) >= 11 is 17.8. The zero-order valence-corrected chi connectivity index (χ0v) is 17.3. The highest BCUT2D eigenvalue weighted by Gasteiger charge is 2.14. The fraction of sp³-hybridized carbons (Fsp3) is 0. The number of rotatable bonds is 4. The first-order valence-electron chi connectivity index (χ1n) is 8.57. The zero-order valence-electron chi connectivity index (χ0n) is 15.0. The average Bonchev–Trinajstić information content (AvgIpc) is 2.73. The fourth-order valence-electron chi connectivity index (χ4n) is 2.66. The predicted octanol–water partition coefficient (Wildman–Crippen LogP) is 6.76. The van der Waals surface area contributed by atoms with Gasteiger partial charge in [-0.1, -0.05) is 46.9 Å². The third-order valence-electron chi connectivity index (χ3n) is 4.14. The van der Waals surface area contributed by atoms with Crippen molar-refractivity contribution in [3.63, 3.8) is 0 Å². The van der Waals surface area contributed by atoms with E-state index >= 15 is 0 Å². The van der Waals surface area contributed by atoms with E-state index in [-0.39, 0.29) is 33.1 Å². The minimum atomic E-state index is -0.631. The first-order chi connectivity index (χ1) is 14.4. The van der Waals surface area contributed by atoms with Crippen molar-refractivity contribution in [1.29, 1.82) is 0 Å². The van der Waals surface area contributed by atoms with Crippen molar-refractivity contribution in [2.24, 2.45) is 0 Å². The minimum Gasteiger partial charge on any atom is -0.460 e. The van der Waals surface area contributed by atoms with Gasteiger partial charge in [-0.3, -0.25) is 4.79 Å². The Morgan fingerprint density at radius 1 is 0.833 bits per heavy atom. The zero-order chi connectivity index (χ0) is 21.3. The van der Waals surface area contributed by atoms with E-state index in [0.717, 1.165) is 0 Å². The van der Waals surface area contributed by atoms with E-state index in [9.17, 15) is 9.59 Å². The van der Waals surface area contributed by atoms with Crippen LogP contribution in [0.15, 0.2) is 76.1 Å². The molecular formula is C22H11Cl3O5. The van der Waals surface area contributed by atoms with E-state index in [2.05, 4.69) is 0 Å². The number of esters is 1. The lowest BCUT2D eigenvalue weighted by Crippen LogP contribution is -2.09. The lowest BCUT2D eigenvalue weighted by molar-refractivity contribution is 0.0735. The first-order valence-corrected chi connectivity index (χ1v) is 9.71. The maximum atomic E-state index is 12.7. The van der Waals surface area contributed by atoms with Crippen molar-refractivity contribution in [2.75, 3.05) is 0 Å². The summed E-state index contributed by atoms with van der Waals surface area (Å²) in [6.07, 6.45) is 1.18. The SMILES string of the molecule is O=C(Oc1ccc2c(=O)c(Oc3ccccc3Cl)coc2c1)c1ccc(Cl)c(Cl)c1. The maximum Gasteiger partial charge on any atom is 0.343 e. The molecule has 0 aliphatic carbocycles. The maximum absolute atomic E-state index is 12.7. The molecule has 5 nitrogen and oxygen atoms in total. The summed E-state index contributed by atoms with van der Waals surface area (Å²) in [7, 11) is 0. The molecule has 8 heteroatoms. The van der Waals surface area contributed by atoms with Crippen LogP contribution < -0.4 is 14.9 Å². The smallest absolute Gasteiger partial charge is 0.343 e. The normalized spacial score (nSPS) is 10.8. The molecule has 1 heterocycles. The van der Waals surface area contributed by atoms with Crippen LogP contribution in [0.3, 0.4) is 0 Å². The molecule has 0 aliphatic rings. The van der Waals surface area contributed by atoms with Crippen molar-refractivity contribution >= 4 is 51.7 Å². The summed E-state index contributed by atoms with van der Waals surface area (Å²) in [6.45, 7) is 0. The Morgan fingerprint density at radius 3 is 2.40 bits per heavy atom. The molecule has 0 saturated heterocycles. The molecule has 30 heavy (non-hydrogen) atoms. The van der Waals surface area contributed by atoms with Gasteiger partial charge in [-0.2, -0.15) is 0 Å². The Labute approximate surface area is 185 Å². The third-order valence-corrected chi connectivity index (χ3v) is 5.19. The van der Waals surface area contributed by atoms with Crippen molar-refractivity contribution in [3.8, 4) is 17.2 Å². The standard InChI is InChI=1S/C22H11Cl3O5/c23-15-8-5-12(9-17(15)25)22(27)29-13-6-7-14-19(10-13)28-11-20(21(14)26)30-18-4-2-1-3-16(18)24/h1-11H. The van der Waals surface area contributed by atoms with E-state index < -0.39 is 11.4 Å². The number of benzene rings is 3. The molecule has 0 bridgehead atoms. The Balaban J connectivity index is 1.60. The summed E-state index contributed by atoms with van der Waals surface area (Å²) < 4.78 is 16.4. The summed E-state index contributed by atoms with van der Waals surface area (Å²) in [5.41, 5.74) is 0.0684. The molecule has 0 atom stereocenters. The highest BCUT2D eigenvalue weighted by Crippen LogP contribution is 2.29. The lowest BCUT2D eigenvalue weighted by Gasteiger charge is -2.08. The van der Waals surface area contributed by atoms with Crippen LogP contribution in [0.25, 0.3) is 11.0 Å². The quantitative estimate of drug-likeness (QED) is 0.248. The lowest BCUT2D eigenvalue weighted by atomic mass is 10.2. The average molecular weight is 462 g/mol. The molecule has 0 N–H and O–H groups in total. The summed E-state index contributed by atoms with van der Waals surface area (Å²) in [5, 5.41) is 1.19. The molecule has 4 aromatic rings. The van der Waals surface area contributed by atoms with Gasteiger partial charge in [0.25, 0.3) is 0 Å². The van der Waals surface area contributed by atoms with Crippen LogP contribution in [0.1, 0.15) is 10.4 Å². The molecule has 4 rings (SSSR count). The number of carbonyl (C=O) groups excluding carboxylic acids is 1. The van der Waals surface area contributed by atoms with Crippen LogP contribution in [-0.4, -0.2) is 5.97 Å². The monoisotopic (exact) mass is 460 g/mol. The molecule has 1 aromatic heterocycles. The van der Waals surface area contributed by atoms with Crippen molar-refractivity contribution in [1.82, 2.24) is 0 Å². The Kier molecular flexibility index (Phi) is 5.68. The summed E-state index contributed by atoms with van der Waals surface area (Å²) in [6, 6.07) is 15.6. The molecule has 0 fully saturated rings. The second-order valence-corrected chi connectivity index (χ2v) is 7.36.